The van der Waals surface area contributed by atoms with E-state index in [1.165, 1.54) is 43.5 Å². The van der Waals surface area contributed by atoms with Crippen LogP contribution in [0.25, 0.3) is 0 Å². The first-order valence-corrected chi connectivity index (χ1v) is 8.51. The number of carbonyl (C=O) groups is 1. The molecule has 1 unspecified atom stereocenters. The van der Waals surface area contributed by atoms with Crippen molar-refractivity contribution in [2.75, 3.05) is 7.11 Å². The lowest BCUT2D eigenvalue weighted by molar-refractivity contribution is 0.0841. The van der Waals surface area contributed by atoms with E-state index in [4.69, 9.17) is 14.0 Å². The Labute approximate surface area is 143 Å². The van der Waals surface area contributed by atoms with Gasteiger partial charge in [-0.2, -0.15) is 8.42 Å². The molecule has 0 amide bonds. The standard InChI is InChI=1S/C16H14O8S/c1-22-16-12(17)7-6-11-13(18)8-14(23-15(11)16)9-2-4-10(5-3-9)24-25(19,20)21/h2-7,14,17H,8H2,1H3,(H,19,20,21). The molecule has 132 valence electrons. The average molecular weight is 366 g/mol. The minimum Gasteiger partial charge on any atom is -0.504 e. The number of fused-ring (bicyclic) bond motifs is 1. The molecular weight excluding hydrogens is 352 g/mol. The predicted octanol–water partition coefficient (Wildman–Crippen LogP) is 2.29. The van der Waals surface area contributed by atoms with Gasteiger partial charge in [0.15, 0.2) is 17.3 Å². The van der Waals surface area contributed by atoms with Crippen LogP contribution in [0.2, 0.25) is 0 Å². The fourth-order valence-electron chi connectivity index (χ4n) is 2.59. The second-order valence-corrected chi connectivity index (χ2v) is 6.33. The molecule has 0 bridgehead atoms. The third kappa shape index (κ3) is 3.52. The van der Waals surface area contributed by atoms with Gasteiger partial charge in [0.1, 0.15) is 11.9 Å². The quantitative estimate of drug-likeness (QED) is 0.791. The molecule has 8 nitrogen and oxygen atoms in total. The van der Waals surface area contributed by atoms with E-state index in [9.17, 15) is 18.3 Å². The van der Waals surface area contributed by atoms with Crippen LogP contribution < -0.4 is 13.7 Å². The second-order valence-electron chi connectivity index (χ2n) is 5.31. The van der Waals surface area contributed by atoms with E-state index < -0.39 is 16.5 Å². The third-order valence-electron chi connectivity index (χ3n) is 3.68. The van der Waals surface area contributed by atoms with E-state index in [1.54, 1.807) is 0 Å². The Morgan fingerprint density at radius 2 is 1.84 bits per heavy atom. The van der Waals surface area contributed by atoms with Crippen molar-refractivity contribution in [1.29, 1.82) is 0 Å². The number of aromatic hydroxyl groups is 1. The van der Waals surface area contributed by atoms with E-state index in [1.807, 2.05) is 0 Å². The van der Waals surface area contributed by atoms with E-state index in [0.29, 0.717) is 11.1 Å². The lowest BCUT2D eigenvalue weighted by Crippen LogP contribution is -2.21. The molecule has 0 spiro atoms. The highest BCUT2D eigenvalue weighted by atomic mass is 32.3. The maximum absolute atomic E-state index is 12.3. The summed E-state index contributed by atoms with van der Waals surface area (Å²) >= 11 is 0. The lowest BCUT2D eigenvalue weighted by Gasteiger charge is -2.27. The van der Waals surface area contributed by atoms with E-state index >= 15 is 0 Å². The Morgan fingerprint density at radius 3 is 2.44 bits per heavy atom. The Balaban J connectivity index is 1.91. The first-order valence-electron chi connectivity index (χ1n) is 7.15. The topological polar surface area (TPSA) is 119 Å². The highest BCUT2D eigenvalue weighted by Gasteiger charge is 2.31. The summed E-state index contributed by atoms with van der Waals surface area (Å²) in [6, 6.07) is 8.51. The number of carbonyl (C=O) groups excluding carboxylic acids is 1. The van der Waals surface area contributed by atoms with Crippen LogP contribution in [0.3, 0.4) is 0 Å². The van der Waals surface area contributed by atoms with Gasteiger partial charge in [0.05, 0.1) is 19.1 Å². The summed E-state index contributed by atoms with van der Waals surface area (Å²) in [4.78, 5) is 12.3. The van der Waals surface area contributed by atoms with Crippen LogP contribution in [0, 0.1) is 0 Å². The van der Waals surface area contributed by atoms with Gasteiger partial charge in [-0.1, -0.05) is 12.1 Å². The number of rotatable bonds is 4. The molecule has 1 heterocycles. The molecule has 0 aromatic heterocycles. The van der Waals surface area contributed by atoms with Crippen molar-refractivity contribution in [2.24, 2.45) is 0 Å². The van der Waals surface area contributed by atoms with Gasteiger partial charge in [-0.3, -0.25) is 9.35 Å². The van der Waals surface area contributed by atoms with Gasteiger partial charge in [0.25, 0.3) is 0 Å². The van der Waals surface area contributed by atoms with Gasteiger partial charge in [0, 0.05) is 0 Å². The predicted molar refractivity (Wildman–Crippen MR) is 85.6 cm³/mol. The Kier molecular flexibility index (Phi) is 4.27. The fourth-order valence-corrected chi connectivity index (χ4v) is 2.95. The van der Waals surface area contributed by atoms with Crippen molar-refractivity contribution < 1.29 is 36.5 Å². The molecule has 0 radical (unpaired) electrons. The summed E-state index contributed by atoms with van der Waals surface area (Å²) in [6.45, 7) is 0. The van der Waals surface area contributed by atoms with Gasteiger partial charge in [0.2, 0.25) is 5.75 Å². The van der Waals surface area contributed by atoms with Gasteiger partial charge in [-0.15, -0.1) is 0 Å². The summed E-state index contributed by atoms with van der Waals surface area (Å²) in [5.41, 5.74) is 0.907. The number of methoxy groups -OCH3 is 1. The number of benzene rings is 2. The number of phenols is 1. The molecule has 2 aromatic rings. The molecule has 0 aliphatic carbocycles. The number of ketones is 1. The van der Waals surface area contributed by atoms with Crippen LogP contribution in [0.15, 0.2) is 36.4 Å². The first-order chi connectivity index (χ1) is 11.8. The monoisotopic (exact) mass is 366 g/mol. The highest BCUT2D eigenvalue weighted by Crippen LogP contribution is 2.45. The lowest BCUT2D eigenvalue weighted by atomic mass is 9.96. The van der Waals surface area contributed by atoms with E-state index in [2.05, 4.69) is 4.18 Å². The Hall–Kier alpha value is -2.78. The van der Waals surface area contributed by atoms with E-state index in [0.717, 1.165) is 0 Å². The Morgan fingerprint density at radius 1 is 1.16 bits per heavy atom. The van der Waals surface area contributed by atoms with Crippen molar-refractivity contribution in [3.63, 3.8) is 0 Å². The number of Topliss-reactive ketones (excluding diaryl/α,β-unsaturated/α-hetero) is 1. The third-order valence-corrected chi connectivity index (χ3v) is 4.08. The molecule has 0 saturated carbocycles. The summed E-state index contributed by atoms with van der Waals surface area (Å²) < 4.78 is 45.3. The normalized spacial score (nSPS) is 16.7. The molecule has 2 N–H and O–H groups in total. The van der Waals surface area contributed by atoms with Crippen molar-refractivity contribution in [1.82, 2.24) is 0 Å². The van der Waals surface area contributed by atoms with E-state index in [-0.39, 0.29) is 35.2 Å². The number of ether oxygens (including phenoxy) is 2. The van der Waals surface area contributed by atoms with Crippen LogP contribution in [0.4, 0.5) is 0 Å². The molecule has 0 fully saturated rings. The molecule has 1 aliphatic heterocycles. The summed E-state index contributed by atoms with van der Waals surface area (Å²) in [5.74, 6) is -0.178. The minimum atomic E-state index is -4.61. The summed E-state index contributed by atoms with van der Waals surface area (Å²) in [7, 11) is -3.25. The largest absolute Gasteiger partial charge is 0.504 e. The zero-order valence-electron chi connectivity index (χ0n) is 13.0. The van der Waals surface area contributed by atoms with Crippen LogP contribution in [0.1, 0.15) is 28.4 Å². The SMILES string of the molecule is COc1c(O)ccc2c1OC(c1ccc(OS(=O)(=O)O)cc1)CC2=O. The second kappa shape index (κ2) is 6.26. The van der Waals surface area contributed by atoms with Crippen LogP contribution >= 0.6 is 0 Å². The van der Waals surface area contributed by atoms with Crippen LogP contribution in [0.5, 0.6) is 23.0 Å². The molecular formula is C16H14O8S. The number of hydrogen-bond donors (Lipinski definition) is 2. The van der Waals surface area contributed by atoms with Crippen LogP contribution in [-0.4, -0.2) is 31.0 Å². The minimum absolute atomic E-state index is 0.0689. The highest BCUT2D eigenvalue weighted by molar-refractivity contribution is 7.81. The molecule has 0 saturated heterocycles. The molecule has 9 heteroatoms. The first kappa shape index (κ1) is 17.1. The molecule has 3 rings (SSSR count). The van der Waals surface area contributed by atoms with Crippen molar-refractivity contribution >= 4 is 16.2 Å². The van der Waals surface area contributed by atoms with Crippen molar-refractivity contribution in [3.8, 4) is 23.0 Å². The zero-order valence-corrected chi connectivity index (χ0v) is 13.8. The molecule has 25 heavy (non-hydrogen) atoms. The smallest absolute Gasteiger partial charge is 0.446 e. The number of phenolic OH excluding ortho intramolecular Hbond substituents is 1. The van der Waals surface area contributed by atoms with Crippen molar-refractivity contribution in [3.05, 3.63) is 47.5 Å². The molecule has 1 atom stereocenters. The van der Waals surface area contributed by atoms with Gasteiger partial charge >= 0.3 is 10.4 Å². The maximum Gasteiger partial charge on any atom is 0.446 e. The van der Waals surface area contributed by atoms with Gasteiger partial charge < -0.3 is 18.8 Å². The molecule has 1 aliphatic rings. The van der Waals surface area contributed by atoms with Crippen molar-refractivity contribution in [2.45, 2.75) is 12.5 Å². The van der Waals surface area contributed by atoms with Gasteiger partial charge in [-0.05, 0) is 29.8 Å². The van der Waals surface area contributed by atoms with Crippen LogP contribution in [-0.2, 0) is 10.4 Å². The molecule has 2 aromatic carbocycles. The zero-order chi connectivity index (χ0) is 18.2. The fraction of sp³-hybridized carbons (Fsp3) is 0.188. The number of hydrogen-bond acceptors (Lipinski definition) is 7. The maximum atomic E-state index is 12.3. The van der Waals surface area contributed by atoms with Gasteiger partial charge in [-0.25, -0.2) is 0 Å². The average Bonchev–Trinajstić information content (AvgIpc) is 2.53. The Bertz CT molecular complexity index is 918. The summed E-state index contributed by atoms with van der Waals surface area (Å²) in [5, 5.41) is 9.84. The summed E-state index contributed by atoms with van der Waals surface area (Å²) in [6.07, 6.45) is -0.574.